The quantitative estimate of drug-likeness (QED) is 0.714. The van der Waals surface area contributed by atoms with Crippen LogP contribution in [0.4, 0.5) is 5.69 Å². The summed E-state index contributed by atoms with van der Waals surface area (Å²) in [6.07, 6.45) is 0.295. The van der Waals surface area contributed by atoms with E-state index in [1.165, 1.54) is 0 Å². The van der Waals surface area contributed by atoms with Crippen molar-refractivity contribution in [3.05, 3.63) is 64.1 Å². The highest BCUT2D eigenvalue weighted by Crippen LogP contribution is 2.15. The highest BCUT2D eigenvalue weighted by molar-refractivity contribution is 9.10. The average molecular weight is 391 g/mol. The van der Waals surface area contributed by atoms with Crippen LogP contribution < -0.4 is 10.6 Å². The van der Waals surface area contributed by atoms with Crippen LogP contribution in [-0.2, 0) is 16.0 Å². The smallest absolute Gasteiger partial charge is 0.255 e. The number of hydrogen-bond donors (Lipinski definition) is 2. The summed E-state index contributed by atoms with van der Waals surface area (Å²) in [5.74, 6) is -0.237. The molecule has 2 N–H and O–H groups in total. The molecule has 0 bridgehead atoms. The van der Waals surface area contributed by atoms with Crippen LogP contribution in [0.2, 0.25) is 0 Å². The zero-order valence-electron chi connectivity index (χ0n) is 13.3. The Balaban J connectivity index is 1.90. The Morgan fingerprint density at radius 1 is 1.12 bits per heavy atom. The van der Waals surface area contributed by atoms with Crippen molar-refractivity contribution in [1.82, 2.24) is 5.32 Å². The van der Waals surface area contributed by atoms with Crippen LogP contribution in [0.25, 0.3) is 0 Å². The van der Waals surface area contributed by atoms with E-state index in [1.807, 2.05) is 24.3 Å². The summed E-state index contributed by atoms with van der Waals surface area (Å²) < 4.78 is 5.73. The lowest BCUT2D eigenvalue weighted by molar-refractivity contribution is -0.120. The first-order valence-electron chi connectivity index (χ1n) is 7.50. The van der Waals surface area contributed by atoms with Gasteiger partial charge in [0, 0.05) is 29.4 Å². The van der Waals surface area contributed by atoms with Gasteiger partial charge < -0.3 is 15.4 Å². The first-order valence-corrected chi connectivity index (χ1v) is 8.29. The second-order valence-electron chi connectivity index (χ2n) is 5.18. The number of amides is 2. The van der Waals surface area contributed by atoms with Crippen molar-refractivity contribution in [3.63, 3.8) is 0 Å². The molecule has 0 aromatic heterocycles. The Bertz CT molecular complexity index is 702. The van der Waals surface area contributed by atoms with E-state index in [9.17, 15) is 9.59 Å². The van der Waals surface area contributed by atoms with Crippen molar-refractivity contribution in [2.75, 3.05) is 25.6 Å². The second-order valence-corrected chi connectivity index (χ2v) is 6.10. The molecule has 2 amide bonds. The molecule has 0 aliphatic carbocycles. The Labute approximate surface area is 149 Å². The predicted molar refractivity (Wildman–Crippen MR) is 97.1 cm³/mol. The van der Waals surface area contributed by atoms with Gasteiger partial charge in [-0.1, -0.05) is 34.1 Å². The lowest BCUT2D eigenvalue weighted by Gasteiger charge is -2.08. The van der Waals surface area contributed by atoms with Crippen LogP contribution in [-0.4, -0.2) is 32.1 Å². The number of rotatable bonds is 7. The summed E-state index contributed by atoms with van der Waals surface area (Å²) >= 11 is 3.34. The molecule has 126 valence electrons. The molecule has 0 saturated heterocycles. The molecular formula is C18H19BrN2O3. The minimum absolute atomic E-state index is 0.0574. The van der Waals surface area contributed by atoms with E-state index >= 15 is 0 Å². The fourth-order valence-electron chi connectivity index (χ4n) is 2.08. The lowest BCUT2D eigenvalue weighted by atomic mass is 10.1. The molecule has 2 rings (SSSR count). The van der Waals surface area contributed by atoms with Crippen molar-refractivity contribution in [2.45, 2.75) is 6.42 Å². The van der Waals surface area contributed by atoms with Gasteiger partial charge in [0.1, 0.15) is 0 Å². The summed E-state index contributed by atoms with van der Waals surface area (Å²) in [6, 6.07) is 14.4. The third-order valence-corrected chi connectivity index (χ3v) is 3.78. The highest BCUT2D eigenvalue weighted by Gasteiger charge is 2.07. The molecule has 0 aliphatic heterocycles. The number of hydrogen-bond acceptors (Lipinski definition) is 3. The molecule has 0 radical (unpaired) electrons. The first kappa shape index (κ1) is 18.2. The molecule has 0 heterocycles. The van der Waals surface area contributed by atoms with Crippen molar-refractivity contribution in [1.29, 1.82) is 0 Å². The van der Waals surface area contributed by atoms with E-state index in [0.29, 0.717) is 30.8 Å². The van der Waals surface area contributed by atoms with Gasteiger partial charge in [0.05, 0.1) is 13.0 Å². The van der Waals surface area contributed by atoms with E-state index in [1.54, 1.807) is 31.4 Å². The SMILES string of the molecule is COCCNC(=O)Cc1ccc(NC(=O)c2cccc(Br)c2)cc1. The molecule has 6 heteroatoms. The minimum Gasteiger partial charge on any atom is -0.383 e. The van der Waals surface area contributed by atoms with Crippen LogP contribution >= 0.6 is 15.9 Å². The van der Waals surface area contributed by atoms with Crippen LogP contribution in [0.5, 0.6) is 0 Å². The van der Waals surface area contributed by atoms with Crippen LogP contribution in [0.1, 0.15) is 15.9 Å². The molecule has 0 fully saturated rings. The predicted octanol–water partition coefficient (Wildman–Crippen LogP) is 3.01. The molecule has 0 saturated carbocycles. The third-order valence-electron chi connectivity index (χ3n) is 3.29. The molecule has 2 aromatic carbocycles. The van der Waals surface area contributed by atoms with E-state index in [4.69, 9.17) is 4.74 Å². The zero-order chi connectivity index (χ0) is 17.4. The summed E-state index contributed by atoms with van der Waals surface area (Å²) in [6.45, 7) is 0.989. The van der Waals surface area contributed by atoms with Crippen LogP contribution in [0.3, 0.4) is 0 Å². The van der Waals surface area contributed by atoms with Gasteiger partial charge in [-0.3, -0.25) is 9.59 Å². The first-order chi connectivity index (χ1) is 11.6. The number of ether oxygens (including phenoxy) is 1. The van der Waals surface area contributed by atoms with E-state index in [0.717, 1.165) is 10.0 Å². The largest absolute Gasteiger partial charge is 0.383 e. The lowest BCUT2D eigenvalue weighted by Crippen LogP contribution is -2.28. The number of anilines is 1. The highest BCUT2D eigenvalue weighted by atomic mass is 79.9. The Morgan fingerprint density at radius 3 is 2.54 bits per heavy atom. The van der Waals surface area contributed by atoms with Crippen LogP contribution in [0, 0.1) is 0 Å². The monoisotopic (exact) mass is 390 g/mol. The molecule has 0 aliphatic rings. The maximum atomic E-state index is 12.2. The number of carbonyl (C=O) groups excluding carboxylic acids is 2. The standard InChI is InChI=1S/C18H19BrN2O3/c1-24-10-9-20-17(22)11-13-5-7-16(8-6-13)21-18(23)14-3-2-4-15(19)12-14/h2-8,12H,9-11H2,1H3,(H,20,22)(H,21,23). The Morgan fingerprint density at radius 2 is 1.88 bits per heavy atom. The van der Waals surface area contributed by atoms with Crippen LogP contribution in [0.15, 0.2) is 53.0 Å². The van der Waals surface area contributed by atoms with Crippen molar-refractivity contribution in [3.8, 4) is 0 Å². The number of carbonyl (C=O) groups is 2. The average Bonchev–Trinajstić information content (AvgIpc) is 2.57. The van der Waals surface area contributed by atoms with Gasteiger partial charge in [-0.25, -0.2) is 0 Å². The van der Waals surface area contributed by atoms with Gasteiger partial charge in [-0.05, 0) is 35.9 Å². The number of methoxy groups -OCH3 is 1. The fraction of sp³-hybridized carbons (Fsp3) is 0.222. The summed E-state index contributed by atoms with van der Waals surface area (Å²) in [7, 11) is 1.59. The molecule has 24 heavy (non-hydrogen) atoms. The summed E-state index contributed by atoms with van der Waals surface area (Å²) in [4.78, 5) is 23.9. The topological polar surface area (TPSA) is 67.4 Å². The maximum absolute atomic E-state index is 12.2. The molecule has 0 atom stereocenters. The number of benzene rings is 2. The molecule has 0 unspecified atom stereocenters. The maximum Gasteiger partial charge on any atom is 0.255 e. The van der Waals surface area contributed by atoms with Crippen molar-refractivity contribution in [2.24, 2.45) is 0 Å². The van der Waals surface area contributed by atoms with Gasteiger partial charge in [-0.2, -0.15) is 0 Å². The number of nitrogens with one attached hydrogen (secondary N) is 2. The minimum atomic E-state index is -0.179. The van der Waals surface area contributed by atoms with Gasteiger partial charge in [0.15, 0.2) is 0 Å². The molecule has 5 nitrogen and oxygen atoms in total. The Hall–Kier alpha value is -2.18. The second kappa shape index (κ2) is 9.20. The third kappa shape index (κ3) is 5.79. The van der Waals surface area contributed by atoms with Gasteiger partial charge in [0.25, 0.3) is 5.91 Å². The summed E-state index contributed by atoms with van der Waals surface area (Å²) in [5.41, 5.74) is 2.14. The van der Waals surface area contributed by atoms with Gasteiger partial charge in [-0.15, -0.1) is 0 Å². The summed E-state index contributed by atoms with van der Waals surface area (Å²) in [5, 5.41) is 5.60. The van der Waals surface area contributed by atoms with Crippen molar-refractivity contribution < 1.29 is 14.3 Å². The molecular weight excluding hydrogens is 372 g/mol. The molecule has 2 aromatic rings. The normalized spacial score (nSPS) is 10.2. The Kier molecular flexibility index (Phi) is 6.96. The number of halogens is 1. The van der Waals surface area contributed by atoms with Gasteiger partial charge in [0.2, 0.25) is 5.91 Å². The molecule has 0 spiro atoms. The van der Waals surface area contributed by atoms with E-state index in [2.05, 4.69) is 26.6 Å². The van der Waals surface area contributed by atoms with E-state index in [-0.39, 0.29) is 11.8 Å². The fourth-order valence-corrected chi connectivity index (χ4v) is 2.48. The van der Waals surface area contributed by atoms with E-state index < -0.39 is 0 Å². The zero-order valence-corrected chi connectivity index (χ0v) is 14.9. The van der Waals surface area contributed by atoms with Gasteiger partial charge >= 0.3 is 0 Å². The van der Waals surface area contributed by atoms with Crippen molar-refractivity contribution >= 4 is 33.4 Å².